The van der Waals surface area contributed by atoms with E-state index in [2.05, 4.69) is 17.0 Å². The number of hydrogen-bond acceptors (Lipinski definition) is 4. The summed E-state index contributed by atoms with van der Waals surface area (Å²) in [4.78, 5) is 0. The lowest BCUT2D eigenvalue weighted by Gasteiger charge is -2.29. The van der Waals surface area contributed by atoms with E-state index in [-0.39, 0.29) is 5.82 Å². The van der Waals surface area contributed by atoms with Crippen LogP contribution < -0.4 is 5.32 Å². The number of aryl methyl sites for hydroxylation is 1. The monoisotopic (exact) mass is 300 g/mol. The topological polar surface area (TPSA) is 51.5 Å². The minimum absolute atomic E-state index is 0.193. The Morgan fingerprint density at radius 1 is 1.41 bits per heavy atom. The summed E-state index contributed by atoms with van der Waals surface area (Å²) < 4.78 is 13.9. The van der Waals surface area contributed by atoms with Crippen LogP contribution in [-0.4, -0.2) is 30.5 Å². The summed E-state index contributed by atoms with van der Waals surface area (Å²) in [6, 6.07) is 5.25. The molecule has 22 heavy (non-hydrogen) atoms. The molecule has 0 radical (unpaired) electrons. The van der Waals surface area contributed by atoms with Gasteiger partial charge in [0, 0.05) is 25.4 Å². The van der Waals surface area contributed by atoms with Crippen molar-refractivity contribution in [2.24, 2.45) is 5.10 Å². The SMILES string of the molecule is C=C1C(C=N)=C(NC)C(C)=NN1CCc1ccc(C)cc1F. The molecule has 5 heteroatoms. The number of nitrogens with zero attached hydrogens (tertiary/aromatic N) is 2. The van der Waals surface area contributed by atoms with Crippen LogP contribution in [0.25, 0.3) is 0 Å². The van der Waals surface area contributed by atoms with Crippen LogP contribution in [0.2, 0.25) is 0 Å². The van der Waals surface area contributed by atoms with Gasteiger partial charge in [0.15, 0.2) is 0 Å². The van der Waals surface area contributed by atoms with Crippen molar-refractivity contribution in [1.82, 2.24) is 10.3 Å². The highest BCUT2D eigenvalue weighted by atomic mass is 19.1. The number of allylic oxidation sites excluding steroid dienone is 2. The molecule has 0 amide bonds. The van der Waals surface area contributed by atoms with Crippen molar-refractivity contribution in [3.8, 4) is 0 Å². The first-order valence-electron chi connectivity index (χ1n) is 7.17. The highest BCUT2D eigenvalue weighted by molar-refractivity contribution is 6.05. The van der Waals surface area contributed by atoms with Crippen LogP contribution in [0.15, 0.2) is 46.8 Å². The zero-order chi connectivity index (χ0) is 16.3. The average Bonchev–Trinajstić information content (AvgIpc) is 2.48. The Labute approximate surface area is 130 Å². The zero-order valence-corrected chi connectivity index (χ0v) is 13.2. The molecule has 0 atom stereocenters. The molecule has 0 fully saturated rings. The summed E-state index contributed by atoms with van der Waals surface area (Å²) in [6.07, 6.45) is 1.80. The quantitative estimate of drug-likeness (QED) is 0.821. The van der Waals surface area contributed by atoms with Crippen LogP contribution in [0.3, 0.4) is 0 Å². The van der Waals surface area contributed by atoms with Gasteiger partial charge in [-0.2, -0.15) is 5.10 Å². The summed E-state index contributed by atoms with van der Waals surface area (Å²) in [5.74, 6) is -0.193. The molecule has 0 bridgehead atoms. The van der Waals surface area contributed by atoms with Crippen molar-refractivity contribution in [3.05, 3.63) is 58.7 Å². The second-order valence-electron chi connectivity index (χ2n) is 5.28. The third kappa shape index (κ3) is 3.08. The number of hydrazone groups is 1. The van der Waals surface area contributed by atoms with Gasteiger partial charge < -0.3 is 10.7 Å². The molecule has 0 aromatic heterocycles. The number of hydrogen-bond donors (Lipinski definition) is 2. The molecule has 0 saturated heterocycles. The second-order valence-corrected chi connectivity index (χ2v) is 5.28. The minimum atomic E-state index is -0.193. The molecule has 1 heterocycles. The Morgan fingerprint density at radius 2 is 2.14 bits per heavy atom. The van der Waals surface area contributed by atoms with Gasteiger partial charge in [0.05, 0.1) is 17.1 Å². The maximum atomic E-state index is 13.9. The van der Waals surface area contributed by atoms with E-state index in [9.17, 15) is 4.39 Å². The molecule has 0 spiro atoms. The third-order valence-electron chi connectivity index (χ3n) is 3.72. The normalized spacial score (nSPS) is 15.0. The smallest absolute Gasteiger partial charge is 0.126 e. The fraction of sp³-hybridized carbons (Fsp3) is 0.294. The van der Waals surface area contributed by atoms with E-state index >= 15 is 0 Å². The van der Waals surface area contributed by atoms with Gasteiger partial charge in [-0.3, -0.25) is 5.01 Å². The maximum absolute atomic E-state index is 13.9. The van der Waals surface area contributed by atoms with Gasteiger partial charge in [-0.25, -0.2) is 4.39 Å². The van der Waals surface area contributed by atoms with Crippen molar-refractivity contribution < 1.29 is 4.39 Å². The first-order chi connectivity index (χ1) is 10.5. The van der Waals surface area contributed by atoms with E-state index in [4.69, 9.17) is 5.41 Å². The first kappa shape index (κ1) is 15.9. The molecule has 1 aliphatic rings. The van der Waals surface area contributed by atoms with Gasteiger partial charge in [0.25, 0.3) is 0 Å². The molecule has 1 aromatic rings. The summed E-state index contributed by atoms with van der Waals surface area (Å²) >= 11 is 0. The fourth-order valence-electron chi connectivity index (χ4n) is 2.51. The van der Waals surface area contributed by atoms with Crippen LogP contribution in [0.1, 0.15) is 18.1 Å². The highest BCUT2D eigenvalue weighted by Gasteiger charge is 2.21. The van der Waals surface area contributed by atoms with Crippen molar-refractivity contribution in [1.29, 1.82) is 5.41 Å². The van der Waals surface area contributed by atoms with Crippen LogP contribution in [0, 0.1) is 18.2 Å². The molecule has 1 aliphatic heterocycles. The Morgan fingerprint density at radius 3 is 2.73 bits per heavy atom. The lowest BCUT2D eigenvalue weighted by atomic mass is 10.1. The predicted molar refractivity (Wildman–Crippen MR) is 88.7 cm³/mol. The highest BCUT2D eigenvalue weighted by Crippen LogP contribution is 2.22. The molecule has 4 nitrogen and oxygen atoms in total. The van der Waals surface area contributed by atoms with Gasteiger partial charge in [0.2, 0.25) is 0 Å². The summed E-state index contributed by atoms with van der Waals surface area (Å²) in [5.41, 5.74) is 4.52. The summed E-state index contributed by atoms with van der Waals surface area (Å²) in [6.45, 7) is 8.27. The summed E-state index contributed by atoms with van der Waals surface area (Å²) in [7, 11) is 1.79. The molecular weight excluding hydrogens is 279 g/mol. The molecule has 0 aliphatic carbocycles. The molecule has 2 rings (SSSR count). The van der Waals surface area contributed by atoms with E-state index in [0.29, 0.717) is 29.8 Å². The molecule has 0 unspecified atom stereocenters. The van der Waals surface area contributed by atoms with E-state index < -0.39 is 0 Å². The van der Waals surface area contributed by atoms with Crippen molar-refractivity contribution in [2.75, 3.05) is 13.6 Å². The van der Waals surface area contributed by atoms with E-state index in [1.165, 1.54) is 12.3 Å². The van der Waals surface area contributed by atoms with Crippen LogP contribution in [0.4, 0.5) is 4.39 Å². The summed E-state index contributed by atoms with van der Waals surface area (Å²) in [5, 5.41) is 16.8. The van der Waals surface area contributed by atoms with Crippen molar-refractivity contribution >= 4 is 11.9 Å². The Hall–Kier alpha value is -2.43. The molecular formula is C17H21FN4. The molecule has 1 aromatic carbocycles. The van der Waals surface area contributed by atoms with Crippen LogP contribution in [0.5, 0.6) is 0 Å². The van der Waals surface area contributed by atoms with E-state index in [1.807, 2.05) is 19.9 Å². The lowest BCUT2D eigenvalue weighted by Crippen LogP contribution is -2.31. The number of rotatable bonds is 5. The van der Waals surface area contributed by atoms with Gasteiger partial charge >= 0.3 is 0 Å². The lowest BCUT2D eigenvalue weighted by molar-refractivity contribution is 0.371. The largest absolute Gasteiger partial charge is 0.386 e. The number of nitrogens with one attached hydrogen (secondary N) is 2. The molecule has 2 N–H and O–H groups in total. The first-order valence-corrected chi connectivity index (χ1v) is 7.17. The second kappa shape index (κ2) is 6.56. The number of halogens is 1. The maximum Gasteiger partial charge on any atom is 0.126 e. The van der Waals surface area contributed by atoms with E-state index in [1.54, 1.807) is 18.1 Å². The van der Waals surface area contributed by atoms with Crippen molar-refractivity contribution in [2.45, 2.75) is 20.3 Å². The van der Waals surface area contributed by atoms with Gasteiger partial charge in [-0.15, -0.1) is 0 Å². The standard InChI is InChI=1S/C17H21FN4/c1-11-5-6-14(16(18)9-11)7-8-22-13(3)15(10-19)17(20-4)12(2)21-22/h5-6,9-10,19-20H,3,7-8H2,1-2,4H3. The van der Waals surface area contributed by atoms with Crippen LogP contribution in [-0.2, 0) is 6.42 Å². The van der Waals surface area contributed by atoms with Gasteiger partial charge in [0.1, 0.15) is 5.82 Å². The number of benzene rings is 1. The average molecular weight is 300 g/mol. The fourth-order valence-corrected chi connectivity index (χ4v) is 2.51. The van der Waals surface area contributed by atoms with Crippen LogP contribution >= 0.6 is 0 Å². The van der Waals surface area contributed by atoms with Crippen molar-refractivity contribution in [3.63, 3.8) is 0 Å². The third-order valence-corrected chi connectivity index (χ3v) is 3.72. The van der Waals surface area contributed by atoms with Gasteiger partial charge in [-0.1, -0.05) is 18.7 Å². The van der Waals surface area contributed by atoms with E-state index in [0.717, 1.165) is 17.0 Å². The molecule has 0 saturated carbocycles. The molecule has 116 valence electrons. The zero-order valence-electron chi connectivity index (χ0n) is 13.2. The Bertz CT molecular complexity index is 673. The Kier molecular flexibility index (Phi) is 4.75. The Balaban J connectivity index is 2.16. The predicted octanol–water partition coefficient (Wildman–Crippen LogP) is 3.00. The van der Waals surface area contributed by atoms with Gasteiger partial charge in [-0.05, 0) is 37.5 Å². The minimum Gasteiger partial charge on any atom is -0.386 e.